The zero-order valence-corrected chi connectivity index (χ0v) is 14.1. The second-order valence-electron chi connectivity index (χ2n) is 6.82. The lowest BCUT2D eigenvalue weighted by Gasteiger charge is -2.26. The third-order valence-corrected chi connectivity index (χ3v) is 5.82. The SMILES string of the molecule is Cc1cc(NC(=O)C2CC2)sc1C(=O)NC1CCC(C)CC1. The maximum absolute atomic E-state index is 12.4. The summed E-state index contributed by atoms with van der Waals surface area (Å²) in [5.41, 5.74) is 0.942. The lowest BCUT2D eigenvalue weighted by atomic mass is 9.87. The number of hydrogen-bond acceptors (Lipinski definition) is 3. The molecule has 1 aromatic heterocycles. The van der Waals surface area contributed by atoms with Crippen LogP contribution in [0.25, 0.3) is 0 Å². The molecule has 1 aromatic rings. The van der Waals surface area contributed by atoms with E-state index in [4.69, 9.17) is 0 Å². The van der Waals surface area contributed by atoms with E-state index in [-0.39, 0.29) is 17.7 Å². The third-order valence-electron chi connectivity index (χ3n) is 4.67. The number of anilines is 1. The predicted octanol–water partition coefficient (Wildman–Crippen LogP) is 3.71. The molecular formula is C17H24N2O2S. The summed E-state index contributed by atoms with van der Waals surface area (Å²) < 4.78 is 0. The maximum Gasteiger partial charge on any atom is 0.261 e. The molecule has 3 rings (SSSR count). The highest BCUT2D eigenvalue weighted by molar-refractivity contribution is 7.18. The summed E-state index contributed by atoms with van der Waals surface area (Å²) in [5, 5.41) is 6.87. The van der Waals surface area contributed by atoms with Gasteiger partial charge in [-0.2, -0.15) is 0 Å². The van der Waals surface area contributed by atoms with Crippen LogP contribution in [0.4, 0.5) is 5.00 Å². The van der Waals surface area contributed by atoms with Crippen LogP contribution in [0.2, 0.25) is 0 Å². The van der Waals surface area contributed by atoms with Gasteiger partial charge in [-0.05, 0) is 63.0 Å². The van der Waals surface area contributed by atoms with Crippen molar-refractivity contribution in [3.63, 3.8) is 0 Å². The van der Waals surface area contributed by atoms with E-state index in [1.807, 2.05) is 13.0 Å². The molecule has 0 bridgehead atoms. The van der Waals surface area contributed by atoms with Gasteiger partial charge in [-0.25, -0.2) is 0 Å². The molecule has 0 saturated heterocycles. The number of amides is 2. The Labute approximate surface area is 135 Å². The summed E-state index contributed by atoms with van der Waals surface area (Å²) in [5.74, 6) is 1.06. The molecule has 2 saturated carbocycles. The van der Waals surface area contributed by atoms with Crippen LogP contribution in [0, 0.1) is 18.8 Å². The van der Waals surface area contributed by atoms with Gasteiger partial charge in [0.1, 0.15) is 0 Å². The fourth-order valence-corrected chi connectivity index (χ4v) is 3.97. The number of nitrogens with one attached hydrogen (secondary N) is 2. The van der Waals surface area contributed by atoms with E-state index in [1.165, 1.54) is 24.2 Å². The number of rotatable bonds is 4. The first-order valence-corrected chi connectivity index (χ1v) is 9.06. The van der Waals surface area contributed by atoms with Gasteiger partial charge in [0.05, 0.1) is 9.88 Å². The highest BCUT2D eigenvalue weighted by Gasteiger charge is 2.30. The molecule has 0 aliphatic heterocycles. The van der Waals surface area contributed by atoms with Crippen molar-refractivity contribution in [2.24, 2.45) is 11.8 Å². The highest BCUT2D eigenvalue weighted by atomic mass is 32.1. The Hall–Kier alpha value is -1.36. The largest absolute Gasteiger partial charge is 0.349 e. The van der Waals surface area contributed by atoms with Gasteiger partial charge < -0.3 is 10.6 Å². The first-order valence-electron chi connectivity index (χ1n) is 8.25. The van der Waals surface area contributed by atoms with E-state index in [0.29, 0.717) is 6.04 Å². The van der Waals surface area contributed by atoms with Gasteiger partial charge in [-0.3, -0.25) is 9.59 Å². The number of aryl methyl sites for hydroxylation is 1. The van der Waals surface area contributed by atoms with Gasteiger partial charge in [-0.15, -0.1) is 11.3 Å². The van der Waals surface area contributed by atoms with Crippen LogP contribution in [-0.2, 0) is 4.79 Å². The van der Waals surface area contributed by atoms with Gasteiger partial charge in [-0.1, -0.05) is 6.92 Å². The van der Waals surface area contributed by atoms with Crippen molar-refractivity contribution in [3.05, 3.63) is 16.5 Å². The van der Waals surface area contributed by atoms with Crippen molar-refractivity contribution in [2.45, 2.75) is 58.4 Å². The summed E-state index contributed by atoms with van der Waals surface area (Å²) >= 11 is 1.39. The zero-order chi connectivity index (χ0) is 15.7. The van der Waals surface area contributed by atoms with Gasteiger partial charge in [0, 0.05) is 12.0 Å². The Morgan fingerprint density at radius 3 is 2.45 bits per heavy atom. The standard InChI is InChI=1S/C17H24N2O2S/c1-10-3-7-13(8-4-10)18-17(21)15-11(2)9-14(22-15)19-16(20)12-5-6-12/h9-10,12-13H,3-8H2,1-2H3,(H,18,21)(H,19,20). The Kier molecular flexibility index (Phi) is 4.52. The van der Waals surface area contributed by atoms with Gasteiger partial charge in [0.25, 0.3) is 5.91 Å². The molecule has 0 radical (unpaired) electrons. The quantitative estimate of drug-likeness (QED) is 0.888. The molecular weight excluding hydrogens is 296 g/mol. The smallest absolute Gasteiger partial charge is 0.261 e. The number of hydrogen-bond donors (Lipinski definition) is 2. The van der Waals surface area contributed by atoms with Crippen molar-refractivity contribution in [3.8, 4) is 0 Å². The molecule has 0 spiro atoms. The molecule has 0 atom stereocenters. The molecule has 120 valence electrons. The van der Waals surface area contributed by atoms with E-state index in [2.05, 4.69) is 17.6 Å². The van der Waals surface area contributed by atoms with Crippen LogP contribution in [-0.4, -0.2) is 17.9 Å². The highest BCUT2D eigenvalue weighted by Crippen LogP contribution is 2.33. The van der Waals surface area contributed by atoms with Crippen molar-refractivity contribution in [1.82, 2.24) is 5.32 Å². The predicted molar refractivity (Wildman–Crippen MR) is 89.3 cm³/mol. The van der Waals surface area contributed by atoms with Crippen LogP contribution in [0.3, 0.4) is 0 Å². The fourth-order valence-electron chi connectivity index (χ4n) is 2.99. The molecule has 2 fully saturated rings. The molecule has 0 unspecified atom stereocenters. The summed E-state index contributed by atoms with van der Waals surface area (Å²) in [6, 6.07) is 2.21. The summed E-state index contributed by atoms with van der Waals surface area (Å²) in [4.78, 5) is 25.0. The summed E-state index contributed by atoms with van der Waals surface area (Å²) in [7, 11) is 0. The van der Waals surface area contributed by atoms with Crippen LogP contribution >= 0.6 is 11.3 Å². The zero-order valence-electron chi connectivity index (χ0n) is 13.3. The molecule has 22 heavy (non-hydrogen) atoms. The average molecular weight is 320 g/mol. The Morgan fingerprint density at radius 2 is 1.82 bits per heavy atom. The topological polar surface area (TPSA) is 58.2 Å². The molecule has 1 heterocycles. The molecule has 4 nitrogen and oxygen atoms in total. The van der Waals surface area contributed by atoms with E-state index in [9.17, 15) is 9.59 Å². The normalized spacial score (nSPS) is 24.8. The summed E-state index contributed by atoms with van der Waals surface area (Å²) in [6.07, 6.45) is 6.51. The number of carbonyl (C=O) groups excluding carboxylic acids is 2. The Bertz CT molecular complexity index is 569. The minimum Gasteiger partial charge on any atom is -0.349 e. The molecule has 2 amide bonds. The van der Waals surface area contributed by atoms with E-state index >= 15 is 0 Å². The van der Waals surface area contributed by atoms with Crippen LogP contribution in [0.5, 0.6) is 0 Å². The van der Waals surface area contributed by atoms with Crippen molar-refractivity contribution in [1.29, 1.82) is 0 Å². The molecule has 2 N–H and O–H groups in total. The lowest BCUT2D eigenvalue weighted by Crippen LogP contribution is -2.37. The fraction of sp³-hybridized carbons (Fsp3) is 0.647. The van der Waals surface area contributed by atoms with Crippen LogP contribution in [0.15, 0.2) is 6.07 Å². The molecule has 0 aromatic carbocycles. The van der Waals surface area contributed by atoms with Crippen molar-refractivity contribution in [2.75, 3.05) is 5.32 Å². The van der Waals surface area contributed by atoms with Crippen molar-refractivity contribution >= 4 is 28.2 Å². The van der Waals surface area contributed by atoms with E-state index < -0.39 is 0 Å². The van der Waals surface area contributed by atoms with E-state index in [0.717, 1.165) is 47.0 Å². The first kappa shape index (κ1) is 15.5. The number of carbonyl (C=O) groups is 2. The first-order chi connectivity index (χ1) is 10.5. The average Bonchev–Trinajstić information content (AvgIpc) is 3.26. The minimum atomic E-state index is 0.00831. The Balaban J connectivity index is 1.59. The van der Waals surface area contributed by atoms with E-state index in [1.54, 1.807) is 0 Å². The molecule has 2 aliphatic carbocycles. The van der Waals surface area contributed by atoms with Crippen LogP contribution < -0.4 is 10.6 Å². The maximum atomic E-state index is 12.4. The second kappa shape index (κ2) is 6.41. The van der Waals surface area contributed by atoms with Gasteiger partial charge >= 0.3 is 0 Å². The Morgan fingerprint density at radius 1 is 1.14 bits per heavy atom. The van der Waals surface area contributed by atoms with Gasteiger partial charge in [0.15, 0.2) is 0 Å². The third kappa shape index (κ3) is 3.69. The minimum absolute atomic E-state index is 0.00831. The second-order valence-corrected chi connectivity index (χ2v) is 7.87. The van der Waals surface area contributed by atoms with Crippen molar-refractivity contribution < 1.29 is 9.59 Å². The lowest BCUT2D eigenvalue weighted by molar-refractivity contribution is -0.117. The number of thiophene rings is 1. The van der Waals surface area contributed by atoms with Gasteiger partial charge in [0.2, 0.25) is 5.91 Å². The molecule has 2 aliphatic rings. The molecule has 5 heteroatoms. The van der Waals surface area contributed by atoms with Crippen LogP contribution in [0.1, 0.15) is 60.7 Å². The monoisotopic (exact) mass is 320 g/mol. The summed E-state index contributed by atoms with van der Waals surface area (Å²) in [6.45, 7) is 4.21.